The summed E-state index contributed by atoms with van der Waals surface area (Å²) in [7, 11) is 0. The van der Waals surface area contributed by atoms with Gasteiger partial charge in [0.2, 0.25) is 12.7 Å². The minimum Gasteiger partial charge on any atom is -0.454 e. The van der Waals surface area contributed by atoms with Gasteiger partial charge in [-0.3, -0.25) is 4.79 Å². The van der Waals surface area contributed by atoms with Gasteiger partial charge in [0.1, 0.15) is 16.6 Å². The number of fused-ring (bicyclic) bond motifs is 1. The smallest absolute Gasteiger partial charge is 0.231 e. The normalized spacial score (nSPS) is 12.3. The number of thiazole rings is 1. The number of hydrogen-bond donors (Lipinski definition) is 2. The molecule has 4 rings (SSSR count). The van der Waals surface area contributed by atoms with Crippen LogP contribution < -0.4 is 20.1 Å². The summed E-state index contributed by atoms with van der Waals surface area (Å²) in [6.45, 7) is 1.68. The van der Waals surface area contributed by atoms with Crippen LogP contribution in [0.15, 0.2) is 54.0 Å². The van der Waals surface area contributed by atoms with Gasteiger partial charge in [-0.2, -0.15) is 5.26 Å². The highest BCUT2D eigenvalue weighted by atomic mass is 32.1. The van der Waals surface area contributed by atoms with Crippen molar-refractivity contribution in [1.29, 1.82) is 5.26 Å². The third-order valence-electron chi connectivity index (χ3n) is 4.11. The molecule has 1 aromatic heterocycles. The zero-order valence-corrected chi connectivity index (χ0v) is 16.2. The second-order valence-corrected chi connectivity index (χ2v) is 7.04. The number of nitriles is 1. The fourth-order valence-corrected chi connectivity index (χ4v) is 3.53. The van der Waals surface area contributed by atoms with E-state index < -0.39 is 0 Å². The molecule has 1 aliphatic heterocycles. The summed E-state index contributed by atoms with van der Waals surface area (Å²) in [5.74, 6) is 1.28. The van der Waals surface area contributed by atoms with Gasteiger partial charge in [0.15, 0.2) is 11.5 Å². The van der Waals surface area contributed by atoms with Gasteiger partial charge in [-0.1, -0.05) is 0 Å². The van der Waals surface area contributed by atoms with E-state index in [0.29, 0.717) is 22.0 Å². The largest absolute Gasteiger partial charge is 0.454 e. The van der Waals surface area contributed by atoms with Crippen LogP contribution >= 0.6 is 11.3 Å². The fraction of sp³-hybridized carbons (Fsp3) is 0.0952. The van der Waals surface area contributed by atoms with Crippen LogP contribution in [0.25, 0.3) is 16.8 Å². The number of hydrogen-bond acceptors (Lipinski definition) is 7. The van der Waals surface area contributed by atoms with E-state index in [1.54, 1.807) is 18.3 Å². The summed E-state index contributed by atoms with van der Waals surface area (Å²) in [5, 5.41) is 17.8. The van der Waals surface area contributed by atoms with Gasteiger partial charge in [0.05, 0.1) is 5.69 Å². The Morgan fingerprint density at radius 1 is 1.17 bits per heavy atom. The molecular weight excluding hydrogens is 388 g/mol. The molecule has 0 saturated heterocycles. The molecular formula is C21H16N4O3S. The van der Waals surface area contributed by atoms with E-state index in [0.717, 1.165) is 22.7 Å². The number of carbonyl (C=O) groups excluding carboxylic acids is 1. The van der Waals surface area contributed by atoms with Gasteiger partial charge in [-0.25, -0.2) is 4.98 Å². The Balaban J connectivity index is 1.50. The van der Waals surface area contributed by atoms with E-state index in [1.165, 1.54) is 18.3 Å². The van der Waals surface area contributed by atoms with Crippen molar-refractivity contribution in [3.63, 3.8) is 0 Å². The molecule has 0 unspecified atom stereocenters. The number of nitrogens with zero attached hydrogens (tertiary/aromatic N) is 2. The van der Waals surface area contributed by atoms with Crippen LogP contribution in [0.4, 0.5) is 11.4 Å². The first-order chi connectivity index (χ1) is 14.1. The molecule has 2 aromatic carbocycles. The number of carbonyl (C=O) groups is 1. The lowest BCUT2D eigenvalue weighted by Crippen LogP contribution is -2.05. The molecule has 0 radical (unpaired) electrons. The maximum Gasteiger partial charge on any atom is 0.231 e. The maximum atomic E-state index is 11.1. The van der Waals surface area contributed by atoms with Gasteiger partial charge in [0, 0.05) is 35.4 Å². The predicted molar refractivity (Wildman–Crippen MR) is 112 cm³/mol. The number of amides is 1. The molecule has 2 N–H and O–H groups in total. The van der Waals surface area contributed by atoms with Crippen LogP contribution in [-0.2, 0) is 4.79 Å². The molecule has 29 heavy (non-hydrogen) atoms. The van der Waals surface area contributed by atoms with Crippen molar-refractivity contribution in [2.45, 2.75) is 6.92 Å². The second kappa shape index (κ2) is 8.04. The predicted octanol–water partition coefficient (Wildman–Crippen LogP) is 4.47. The number of benzene rings is 2. The Hall–Kier alpha value is -3.83. The van der Waals surface area contributed by atoms with Crippen molar-refractivity contribution in [3.05, 3.63) is 59.1 Å². The first-order valence-electron chi connectivity index (χ1n) is 8.73. The average Bonchev–Trinajstić information content (AvgIpc) is 3.38. The van der Waals surface area contributed by atoms with Crippen molar-refractivity contribution in [3.8, 4) is 28.8 Å². The number of allylic oxidation sites excluding steroid dienone is 1. The van der Waals surface area contributed by atoms with E-state index in [4.69, 9.17) is 9.47 Å². The summed E-state index contributed by atoms with van der Waals surface area (Å²) >= 11 is 1.39. The van der Waals surface area contributed by atoms with Gasteiger partial charge in [0.25, 0.3) is 0 Å². The zero-order valence-electron chi connectivity index (χ0n) is 15.4. The highest BCUT2D eigenvalue weighted by molar-refractivity contribution is 7.11. The average molecular weight is 404 g/mol. The van der Waals surface area contributed by atoms with Crippen LogP contribution in [0.5, 0.6) is 11.5 Å². The van der Waals surface area contributed by atoms with E-state index in [-0.39, 0.29) is 12.7 Å². The van der Waals surface area contributed by atoms with Crippen LogP contribution in [0.2, 0.25) is 0 Å². The van der Waals surface area contributed by atoms with E-state index >= 15 is 0 Å². The van der Waals surface area contributed by atoms with Crippen molar-refractivity contribution in [1.82, 2.24) is 4.98 Å². The van der Waals surface area contributed by atoms with Crippen LogP contribution in [-0.4, -0.2) is 17.7 Å². The highest BCUT2D eigenvalue weighted by Crippen LogP contribution is 2.36. The quantitative estimate of drug-likeness (QED) is 0.609. The lowest BCUT2D eigenvalue weighted by atomic mass is 10.1. The Morgan fingerprint density at radius 2 is 1.93 bits per heavy atom. The fourth-order valence-electron chi connectivity index (χ4n) is 2.74. The van der Waals surface area contributed by atoms with Gasteiger partial charge in [-0.15, -0.1) is 11.3 Å². The lowest BCUT2D eigenvalue weighted by molar-refractivity contribution is -0.114. The molecule has 0 atom stereocenters. The van der Waals surface area contributed by atoms with Crippen molar-refractivity contribution in [2.24, 2.45) is 0 Å². The molecule has 144 valence electrons. The number of rotatable bonds is 5. The number of nitrogens with one attached hydrogen (secondary N) is 2. The van der Waals surface area contributed by atoms with E-state index in [9.17, 15) is 10.1 Å². The molecule has 8 heteroatoms. The summed E-state index contributed by atoms with van der Waals surface area (Å²) in [6, 6.07) is 15.0. The van der Waals surface area contributed by atoms with Crippen LogP contribution in [0.1, 0.15) is 11.9 Å². The number of aromatic nitrogens is 1. The van der Waals surface area contributed by atoms with E-state index in [1.807, 2.05) is 35.7 Å². The molecule has 3 aromatic rings. The summed E-state index contributed by atoms with van der Waals surface area (Å²) in [5.41, 5.74) is 3.59. The summed E-state index contributed by atoms with van der Waals surface area (Å²) in [4.78, 5) is 15.7. The summed E-state index contributed by atoms with van der Waals surface area (Å²) in [6.07, 6.45) is 1.62. The van der Waals surface area contributed by atoms with Crippen molar-refractivity contribution < 1.29 is 14.3 Å². The highest BCUT2D eigenvalue weighted by Gasteiger charge is 2.15. The molecule has 7 nitrogen and oxygen atoms in total. The molecule has 1 aliphatic rings. The first kappa shape index (κ1) is 18.5. The Morgan fingerprint density at radius 3 is 2.69 bits per heavy atom. The Bertz CT molecular complexity index is 1130. The molecule has 0 spiro atoms. The molecule has 2 heterocycles. The minimum absolute atomic E-state index is 0.126. The Kier molecular flexibility index (Phi) is 5.14. The van der Waals surface area contributed by atoms with Crippen molar-refractivity contribution >= 4 is 34.2 Å². The molecule has 0 saturated carbocycles. The zero-order chi connectivity index (χ0) is 20.2. The minimum atomic E-state index is -0.126. The van der Waals surface area contributed by atoms with Gasteiger partial charge >= 0.3 is 0 Å². The third kappa shape index (κ3) is 4.20. The summed E-state index contributed by atoms with van der Waals surface area (Å²) < 4.78 is 10.7. The Labute approximate surface area is 171 Å². The monoisotopic (exact) mass is 404 g/mol. The second-order valence-electron chi connectivity index (χ2n) is 6.18. The maximum absolute atomic E-state index is 11.1. The van der Waals surface area contributed by atoms with Gasteiger partial charge in [-0.05, 0) is 42.5 Å². The number of anilines is 2. The van der Waals surface area contributed by atoms with Gasteiger partial charge < -0.3 is 20.1 Å². The first-order valence-corrected chi connectivity index (χ1v) is 9.61. The SMILES string of the molecule is CC(=O)Nc1ccc(NC=C(C#N)c2nc(-c3ccc4c(c3)OCO4)cs2)cc1. The van der Waals surface area contributed by atoms with Crippen molar-refractivity contribution in [2.75, 3.05) is 17.4 Å². The lowest BCUT2D eigenvalue weighted by Gasteiger charge is -2.04. The van der Waals surface area contributed by atoms with E-state index in [2.05, 4.69) is 21.7 Å². The standard InChI is InChI=1S/C21H16N4O3S/c1-13(26)24-17-5-3-16(4-6-17)23-10-15(9-22)21-25-18(11-29-21)14-2-7-19-20(8-14)28-12-27-19/h2-8,10-11,23H,12H2,1H3,(H,24,26). The molecule has 0 bridgehead atoms. The number of ether oxygens (including phenoxy) is 2. The molecule has 1 amide bonds. The molecule has 0 fully saturated rings. The third-order valence-corrected chi connectivity index (χ3v) is 4.99. The topological polar surface area (TPSA) is 96.3 Å². The molecule has 0 aliphatic carbocycles. The van der Waals surface area contributed by atoms with Crippen LogP contribution in [0, 0.1) is 11.3 Å². The van der Waals surface area contributed by atoms with Crippen LogP contribution in [0.3, 0.4) is 0 Å².